The van der Waals surface area contributed by atoms with Crippen LogP contribution in [0.15, 0.2) is 18.2 Å². The lowest BCUT2D eigenvalue weighted by Gasteiger charge is -2.24. The zero-order valence-electron chi connectivity index (χ0n) is 11.2. The summed E-state index contributed by atoms with van der Waals surface area (Å²) in [6.07, 6.45) is 0.666. The van der Waals surface area contributed by atoms with Crippen molar-refractivity contribution >= 4 is 11.5 Å². The van der Waals surface area contributed by atoms with Crippen molar-refractivity contribution in [2.24, 2.45) is 0 Å². The largest absolute Gasteiger partial charge is 0.368 e. The van der Waals surface area contributed by atoms with Gasteiger partial charge >= 0.3 is 0 Å². The van der Waals surface area contributed by atoms with E-state index in [0.29, 0.717) is 18.4 Å². The lowest BCUT2D eigenvalue weighted by Crippen LogP contribution is -2.29. The number of Topliss-reactive ketones (excluding diaryl/α,β-unsaturated/α-hetero) is 1. The maximum Gasteiger partial charge on any atom is 0.130 e. The summed E-state index contributed by atoms with van der Waals surface area (Å²) in [5, 5.41) is 0. The molecule has 0 bridgehead atoms. The minimum absolute atomic E-state index is 0.285. The zero-order valence-corrected chi connectivity index (χ0v) is 11.2. The van der Waals surface area contributed by atoms with Crippen LogP contribution in [0, 0.1) is 6.92 Å². The average molecular weight is 231 g/mol. The normalized spacial score (nSPS) is 18.6. The van der Waals surface area contributed by atoms with E-state index in [1.165, 1.54) is 16.8 Å². The fourth-order valence-corrected chi connectivity index (χ4v) is 2.71. The number of carbonyl (C=O) groups is 1. The van der Waals surface area contributed by atoms with Crippen LogP contribution in [0.5, 0.6) is 0 Å². The Bertz CT molecular complexity index is 437. The maximum absolute atomic E-state index is 11.4. The molecular weight excluding hydrogens is 210 g/mol. The molecule has 0 radical (unpaired) electrons. The summed E-state index contributed by atoms with van der Waals surface area (Å²) in [5.41, 5.74) is 3.95. The van der Waals surface area contributed by atoms with Crippen LogP contribution in [-0.4, -0.2) is 18.4 Å². The van der Waals surface area contributed by atoms with Crippen LogP contribution in [0.4, 0.5) is 5.69 Å². The fourth-order valence-electron chi connectivity index (χ4n) is 2.71. The Kier molecular flexibility index (Phi) is 3.23. The molecule has 0 saturated heterocycles. The van der Waals surface area contributed by atoms with Crippen LogP contribution in [0.25, 0.3) is 0 Å². The highest BCUT2D eigenvalue weighted by Crippen LogP contribution is 2.39. The molecule has 1 aromatic carbocycles. The third-order valence-electron chi connectivity index (χ3n) is 3.51. The number of benzene rings is 1. The second-order valence-corrected chi connectivity index (χ2v) is 5.41. The number of hydrogen-bond donors (Lipinski definition) is 0. The summed E-state index contributed by atoms with van der Waals surface area (Å²) in [6, 6.07) is 7.09. The molecule has 0 aromatic heterocycles. The highest BCUT2D eigenvalue weighted by atomic mass is 16.1. The quantitative estimate of drug-likeness (QED) is 0.795. The predicted molar refractivity (Wildman–Crippen MR) is 71.7 cm³/mol. The second-order valence-electron chi connectivity index (χ2n) is 5.41. The molecule has 1 atom stereocenters. The SMILES string of the molecule is CC(=O)CC1CN(C(C)C)c2ccc(C)cc21. The minimum atomic E-state index is 0.285. The summed E-state index contributed by atoms with van der Waals surface area (Å²) < 4.78 is 0. The molecule has 1 aliphatic rings. The molecule has 17 heavy (non-hydrogen) atoms. The van der Waals surface area contributed by atoms with Crippen molar-refractivity contribution in [3.8, 4) is 0 Å². The number of ketones is 1. The monoisotopic (exact) mass is 231 g/mol. The third-order valence-corrected chi connectivity index (χ3v) is 3.51. The van der Waals surface area contributed by atoms with E-state index in [1.807, 2.05) is 0 Å². The highest BCUT2D eigenvalue weighted by molar-refractivity contribution is 5.78. The molecule has 1 aliphatic heterocycles. The number of carbonyl (C=O) groups excluding carboxylic acids is 1. The standard InChI is InChI=1S/C15H21NO/c1-10(2)16-9-13(8-12(4)17)14-7-11(3)5-6-15(14)16/h5-7,10,13H,8-9H2,1-4H3. The van der Waals surface area contributed by atoms with Crippen molar-refractivity contribution in [1.29, 1.82) is 0 Å². The van der Waals surface area contributed by atoms with Gasteiger partial charge in [-0.05, 0) is 39.3 Å². The van der Waals surface area contributed by atoms with E-state index in [9.17, 15) is 4.79 Å². The average Bonchev–Trinajstić information content (AvgIpc) is 2.56. The summed E-state index contributed by atoms with van der Waals surface area (Å²) in [7, 11) is 0. The molecule has 0 amide bonds. The molecule has 1 unspecified atom stereocenters. The fraction of sp³-hybridized carbons (Fsp3) is 0.533. The molecule has 0 fully saturated rings. The van der Waals surface area contributed by atoms with Gasteiger partial charge in [0.05, 0.1) is 0 Å². The van der Waals surface area contributed by atoms with Gasteiger partial charge in [0, 0.05) is 30.6 Å². The van der Waals surface area contributed by atoms with Gasteiger partial charge in [-0.2, -0.15) is 0 Å². The highest BCUT2D eigenvalue weighted by Gasteiger charge is 2.30. The predicted octanol–water partition coefficient (Wildman–Crippen LogP) is 3.29. The van der Waals surface area contributed by atoms with Gasteiger partial charge in [0.1, 0.15) is 5.78 Å². The van der Waals surface area contributed by atoms with Crippen molar-refractivity contribution in [3.63, 3.8) is 0 Å². The van der Waals surface area contributed by atoms with Gasteiger partial charge in [0.2, 0.25) is 0 Å². The Morgan fingerprint density at radius 3 is 2.76 bits per heavy atom. The van der Waals surface area contributed by atoms with Gasteiger partial charge < -0.3 is 9.69 Å². The van der Waals surface area contributed by atoms with Gasteiger partial charge in [0.25, 0.3) is 0 Å². The Morgan fingerprint density at radius 2 is 2.18 bits per heavy atom. The first-order chi connectivity index (χ1) is 7.99. The Labute approximate surface area is 104 Å². The van der Waals surface area contributed by atoms with Crippen LogP contribution >= 0.6 is 0 Å². The third kappa shape index (κ3) is 2.36. The number of hydrogen-bond acceptors (Lipinski definition) is 2. The minimum Gasteiger partial charge on any atom is -0.368 e. The topological polar surface area (TPSA) is 20.3 Å². The van der Waals surface area contributed by atoms with Crippen LogP contribution in [0.3, 0.4) is 0 Å². The van der Waals surface area contributed by atoms with Crippen molar-refractivity contribution < 1.29 is 4.79 Å². The van der Waals surface area contributed by atoms with E-state index in [-0.39, 0.29) is 5.78 Å². The number of fused-ring (bicyclic) bond motifs is 1. The van der Waals surface area contributed by atoms with E-state index >= 15 is 0 Å². The van der Waals surface area contributed by atoms with E-state index in [0.717, 1.165) is 6.54 Å². The summed E-state index contributed by atoms with van der Waals surface area (Å²) in [4.78, 5) is 13.8. The summed E-state index contributed by atoms with van der Waals surface area (Å²) >= 11 is 0. The Morgan fingerprint density at radius 1 is 1.47 bits per heavy atom. The number of rotatable bonds is 3. The second kappa shape index (κ2) is 4.52. The van der Waals surface area contributed by atoms with E-state index < -0.39 is 0 Å². The first-order valence-electron chi connectivity index (χ1n) is 6.35. The van der Waals surface area contributed by atoms with Crippen molar-refractivity contribution in [1.82, 2.24) is 0 Å². The maximum atomic E-state index is 11.4. The molecule has 0 aliphatic carbocycles. The van der Waals surface area contributed by atoms with Crippen molar-refractivity contribution in [3.05, 3.63) is 29.3 Å². The number of anilines is 1. The van der Waals surface area contributed by atoms with Crippen LogP contribution in [0.1, 0.15) is 44.2 Å². The van der Waals surface area contributed by atoms with E-state index in [1.54, 1.807) is 6.92 Å². The van der Waals surface area contributed by atoms with Crippen molar-refractivity contribution in [2.75, 3.05) is 11.4 Å². The molecular formula is C15H21NO. The van der Waals surface area contributed by atoms with Crippen LogP contribution in [-0.2, 0) is 4.79 Å². The summed E-state index contributed by atoms with van der Waals surface area (Å²) in [5.74, 6) is 0.665. The lowest BCUT2D eigenvalue weighted by atomic mass is 9.95. The lowest BCUT2D eigenvalue weighted by molar-refractivity contribution is -0.117. The van der Waals surface area contributed by atoms with Crippen LogP contribution in [0.2, 0.25) is 0 Å². The molecule has 92 valence electrons. The van der Waals surface area contributed by atoms with Gasteiger partial charge in [-0.1, -0.05) is 17.7 Å². The zero-order chi connectivity index (χ0) is 12.6. The first-order valence-corrected chi connectivity index (χ1v) is 6.35. The van der Waals surface area contributed by atoms with E-state index in [4.69, 9.17) is 0 Å². The molecule has 0 N–H and O–H groups in total. The molecule has 0 saturated carbocycles. The molecule has 2 nitrogen and oxygen atoms in total. The van der Waals surface area contributed by atoms with Crippen molar-refractivity contribution in [2.45, 2.75) is 46.1 Å². The first kappa shape index (κ1) is 12.2. The number of nitrogens with zero attached hydrogens (tertiary/aromatic N) is 1. The smallest absolute Gasteiger partial charge is 0.130 e. The Balaban J connectivity index is 2.37. The molecule has 2 rings (SSSR count). The van der Waals surface area contributed by atoms with Gasteiger partial charge in [-0.3, -0.25) is 0 Å². The number of aryl methyl sites for hydroxylation is 1. The van der Waals surface area contributed by atoms with E-state index in [2.05, 4.69) is 43.9 Å². The summed E-state index contributed by atoms with van der Waals surface area (Å²) in [6.45, 7) is 9.20. The molecule has 1 heterocycles. The Hall–Kier alpha value is -1.31. The molecule has 1 aromatic rings. The van der Waals surface area contributed by atoms with Gasteiger partial charge in [-0.25, -0.2) is 0 Å². The van der Waals surface area contributed by atoms with Gasteiger partial charge in [-0.15, -0.1) is 0 Å². The van der Waals surface area contributed by atoms with Crippen LogP contribution < -0.4 is 4.90 Å². The molecule has 2 heteroatoms. The van der Waals surface area contributed by atoms with Gasteiger partial charge in [0.15, 0.2) is 0 Å². The molecule has 0 spiro atoms.